The van der Waals surface area contributed by atoms with Crippen LogP contribution in [0, 0.1) is 10.6 Å². The van der Waals surface area contributed by atoms with Gasteiger partial charge < -0.3 is 15.1 Å². The van der Waals surface area contributed by atoms with Crippen molar-refractivity contribution in [2.75, 3.05) is 32.5 Å². The molecule has 1 saturated heterocycles. The maximum atomic E-state index is 13.3. The monoisotopic (exact) mass is 546 g/mol. The lowest BCUT2D eigenvalue weighted by Gasteiger charge is -2.35. The first-order chi connectivity index (χ1) is 15.2. The third-order valence-electron chi connectivity index (χ3n) is 5.92. The van der Waals surface area contributed by atoms with E-state index in [0.717, 1.165) is 39.1 Å². The first kappa shape index (κ1) is 22.7. The number of aryl methyl sites for hydroxylation is 1. The van der Waals surface area contributed by atoms with Gasteiger partial charge in [-0.15, -0.1) is 0 Å². The first-order valence-electron chi connectivity index (χ1n) is 10.6. The average Bonchev–Trinajstić information content (AvgIpc) is 3.06. The van der Waals surface area contributed by atoms with Gasteiger partial charge in [-0.3, -0.25) is 9.59 Å². The number of benzene rings is 1. The van der Waals surface area contributed by atoms with E-state index in [9.17, 15) is 9.59 Å². The lowest BCUT2D eigenvalue weighted by molar-refractivity contribution is -0.114. The predicted molar refractivity (Wildman–Crippen MR) is 133 cm³/mol. The van der Waals surface area contributed by atoms with Crippen LogP contribution in [-0.2, 0) is 4.79 Å². The van der Waals surface area contributed by atoms with E-state index in [1.807, 2.05) is 36.1 Å². The Hall–Kier alpha value is -2.53. The summed E-state index contributed by atoms with van der Waals surface area (Å²) >= 11 is 2.23. The Bertz CT molecular complexity index is 1180. The van der Waals surface area contributed by atoms with E-state index in [2.05, 4.69) is 51.9 Å². The van der Waals surface area contributed by atoms with Crippen LogP contribution >= 0.6 is 22.6 Å². The molecule has 0 radical (unpaired) electrons. The molecule has 1 aliphatic rings. The lowest BCUT2D eigenvalue weighted by atomic mass is 10.0. The summed E-state index contributed by atoms with van der Waals surface area (Å²) in [5.74, 6) is -0.272. The highest BCUT2D eigenvalue weighted by Gasteiger charge is 2.26. The third-order valence-corrected chi connectivity index (χ3v) is 7.16. The molecule has 1 aromatic carbocycles. The molecule has 0 spiro atoms. The van der Waals surface area contributed by atoms with E-state index >= 15 is 0 Å². The summed E-state index contributed by atoms with van der Waals surface area (Å²) in [4.78, 5) is 33.7. The number of likely N-dealkylation sites (tertiary alicyclic amines) is 1. The topological polar surface area (TPSA) is 82.8 Å². The minimum absolute atomic E-state index is 0.0549. The summed E-state index contributed by atoms with van der Waals surface area (Å²) in [5, 5.41) is 7.55. The number of hydrogen-bond acceptors (Lipinski definition) is 5. The van der Waals surface area contributed by atoms with Gasteiger partial charge in [-0.25, -0.2) is 9.50 Å². The number of fused-ring (bicyclic) bond motifs is 1. The molecule has 32 heavy (non-hydrogen) atoms. The molecule has 8 nitrogen and oxygen atoms in total. The van der Waals surface area contributed by atoms with Gasteiger partial charge in [0, 0.05) is 31.6 Å². The van der Waals surface area contributed by atoms with Crippen molar-refractivity contribution in [1.82, 2.24) is 24.4 Å². The van der Waals surface area contributed by atoms with Gasteiger partial charge in [-0.2, -0.15) is 5.10 Å². The maximum absolute atomic E-state index is 13.3. The summed E-state index contributed by atoms with van der Waals surface area (Å²) in [5.41, 5.74) is 4.28. The second kappa shape index (κ2) is 9.14. The number of aromatic nitrogens is 3. The molecule has 0 atom stereocenters. The molecule has 3 heterocycles. The van der Waals surface area contributed by atoms with E-state index in [-0.39, 0.29) is 11.8 Å². The lowest BCUT2D eigenvalue weighted by Crippen LogP contribution is -2.44. The number of nitrogens with one attached hydrogen (secondary N) is 1. The van der Waals surface area contributed by atoms with Crippen LogP contribution in [0.4, 0.5) is 5.69 Å². The van der Waals surface area contributed by atoms with Gasteiger partial charge in [0.1, 0.15) is 3.70 Å². The number of carbonyl (C=O) groups excluding carboxylic acids is 2. The van der Waals surface area contributed by atoms with Crippen LogP contribution in [0.2, 0.25) is 0 Å². The van der Waals surface area contributed by atoms with Crippen LogP contribution < -0.4 is 5.32 Å². The van der Waals surface area contributed by atoms with Crippen LogP contribution in [0.25, 0.3) is 16.9 Å². The quantitative estimate of drug-likeness (QED) is 0.508. The molecular weight excluding hydrogens is 519 g/mol. The van der Waals surface area contributed by atoms with E-state index in [1.54, 1.807) is 10.6 Å². The highest BCUT2D eigenvalue weighted by molar-refractivity contribution is 14.1. The minimum atomic E-state index is -0.217. The van der Waals surface area contributed by atoms with Crippen LogP contribution in [-0.4, -0.2) is 69.4 Å². The predicted octanol–water partition coefficient (Wildman–Crippen LogP) is 3.43. The Morgan fingerprint density at radius 1 is 1.16 bits per heavy atom. The standard InChI is InChI=1S/C23H27IN6O2/c1-14-22(24)30-21(25-14)8-7-19(27-30)16-5-6-18(20(13-16)26-15(2)31)23(32)29-11-9-17(10-12-29)28(3)4/h5-8,13,17H,9-12H2,1-4H3,(H,26,31). The molecular formula is C23H27IN6O2. The highest BCUT2D eigenvalue weighted by Crippen LogP contribution is 2.28. The Morgan fingerprint density at radius 2 is 1.88 bits per heavy atom. The van der Waals surface area contributed by atoms with Gasteiger partial charge in [0.05, 0.1) is 22.6 Å². The van der Waals surface area contributed by atoms with Gasteiger partial charge in [0.2, 0.25) is 5.91 Å². The zero-order valence-corrected chi connectivity index (χ0v) is 20.9. The molecule has 168 valence electrons. The van der Waals surface area contributed by atoms with Gasteiger partial charge in [0.25, 0.3) is 5.91 Å². The van der Waals surface area contributed by atoms with Crippen molar-refractivity contribution in [3.8, 4) is 11.3 Å². The Morgan fingerprint density at radius 3 is 2.53 bits per heavy atom. The zero-order valence-electron chi connectivity index (χ0n) is 18.7. The molecule has 1 aliphatic heterocycles. The fraction of sp³-hybridized carbons (Fsp3) is 0.391. The number of imidazole rings is 1. The highest BCUT2D eigenvalue weighted by atomic mass is 127. The van der Waals surface area contributed by atoms with Crippen molar-refractivity contribution in [3.05, 3.63) is 45.3 Å². The molecule has 2 aromatic heterocycles. The molecule has 9 heteroatoms. The van der Waals surface area contributed by atoms with Crippen LogP contribution in [0.3, 0.4) is 0 Å². The van der Waals surface area contributed by atoms with Crippen molar-refractivity contribution < 1.29 is 9.59 Å². The summed E-state index contributed by atoms with van der Waals surface area (Å²) in [7, 11) is 4.15. The summed E-state index contributed by atoms with van der Waals surface area (Å²) in [6, 6.07) is 9.81. The van der Waals surface area contributed by atoms with Crippen molar-refractivity contribution >= 4 is 45.7 Å². The molecule has 1 N–H and O–H groups in total. The second-order valence-electron chi connectivity index (χ2n) is 8.41. The van der Waals surface area contributed by atoms with E-state index in [0.29, 0.717) is 30.4 Å². The number of rotatable bonds is 4. The summed E-state index contributed by atoms with van der Waals surface area (Å²) in [6.45, 7) is 4.82. The number of hydrogen-bond donors (Lipinski definition) is 1. The Labute approximate surface area is 201 Å². The van der Waals surface area contributed by atoms with Crippen molar-refractivity contribution in [2.45, 2.75) is 32.7 Å². The van der Waals surface area contributed by atoms with Crippen molar-refractivity contribution in [3.63, 3.8) is 0 Å². The summed E-state index contributed by atoms with van der Waals surface area (Å²) < 4.78 is 2.76. The fourth-order valence-corrected chi connectivity index (χ4v) is 4.59. The number of piperidine rings is 1. The maximum Gasteiger partial charge on any atom is 0.255 e. The van der Waals surface area contributed by atoms with Gasteiger partial charge >= 0.3 is 0 Å². The van der Waals surface area contributed by atoms with E-state index in [1.165, 1.54) is 6.92 Å². The average molecular weight is 546 g/mol. The van der Waals surface area contributed by atoms with Crippen molar-refractivity contribution in [1.29, 1.82) is 0 Å². The first-order valence-corrected chi connectivity index (χ1v) is 11.7. The second-order valence-corrected chi connectivity index (χ2v) is 9.43. The summed E-state index contributed by atoms with van der Waals surface area (Å²) in [6.07, 6.45) is 1.89. The SMILES string of the molecule is CC(=O)Nc1cc(-c2ccc3nc(C)c(I)n3n2)ccc1C(=O)N1CCC(N(C)C)CC1. The normalized spacial score (nSPS) is 14.9. The minimum Gasteiger partial charge on any atom is -0.338 e. The number of halogens is 1. The van der Waals surface area contributed by atoms with E-state index in [4.69, 9.17) is 5.10 Å². The third kappa shape index (κ3) is 4.49. The van der Waals surface area contributed by atoms with Crippen LogP contribution in [0.1, 0.15) is 35.8 Å². The molecule has 1 fully saturated rings. The van der Waals surface area contributed by atoms with Crippen LogP contribution in [0.15, 0.2) is 30.3 Å². The Balaban J connectivity index is 1.66. The van der Waals surface area contributed by atoms with Crippen LogP contribution in [0.5, 0.6) is 0 Å². The number of nitrogens with zero attached hydrogens (tertiary/aromatic N) is 5. The number of anilines is 1. The molecule has 3 aromatic rings. The van der Waals surface area contributed by atoms with Gasteiger partial charge in [0.15, 0.2) is 5.65 Å². The number of amides is 2. The largest absolute Gasteiger partial charge is 0.338 e. The molecule has 4 rings (SSSR count). The molecule has 0 aliphatic carbocycles. The van der Waals surface area contributed by atoms with Crippen molar-refractivity contribution in [2.24, 2.45) is 0 Å². The van der Waals surface area contributed by atoms with Gasteiger partial charge in [-0.1, -0.05) is 6.07 Å². The zero-order chi connectivity index (χ0) is 23.0. The Kier molecular flexibility index (Phi) is 6.47. The molecule has 0 saturated carbocycles. The fourth-order valence-electron chi connectivity index (χ4n) is 4.11. The number of carbonyl (C=O) groups is 2. The smallest absolute Gasteiger partial charge is 0.255 e. The van der Waals surface area contributed by atoms with E-state index < -0.39 is 0 Å². The van der Waals surface area contributed by atoms with Gasteiger partial charge in [-0.05, 0) is 80.7 Å². The molecule has 0 bridgehead atoms. The molecule has 0 unspecified atom stereocenters. The molecule has 2 amide bonds.